The Balaban J connectivity index is 1.78. The number of halogens is 1. The molecule has 0 fully saturated rings. The number of amides is 1. The van der Waals surface area contributed by atoms with Crippen LogP contribution in [0.1, 0.15) is 18.1 Å². The molecule has 3 aromatic carbocycles. The van der Waals surface area contributed by atoms with Crippen LogP contribution < -0.4 is 9.73 Å². The van der Waals surface area contributed by atoms with E-state index in [9.17, 15) is 13.2 Å². The summed E-state index contributed by atoms with van der Waals surface area (Å²) in [4.78, 5) is 12.6. The minimum atomic E-state index is -3.97. The van der Waals surface area contributed by atoms with Crippen molar-refractivity contribution in [3.8, 4) is 0 Å². The van der Waals surface area contributed by atoms with E-state index in [4.69, 9.17) is 11.6 Å². The molecule has 0 heterocycles. The summed E-state index contributed by atoms with van der Waals surface area (Å²) in [6.45, 7) is 1.63. The normalized spacial score (nSPS) is 11.4. The number of carbonyl (C=O) groups excluding carboxylic acids is 1. The van der Waals surface area contributed by atoms with E-state index < -0.39 is 22.5 Å². The third-order valence-corrected chi connectivity index (χ3v) is 6.56. The van der Waals surface area contributed by atoms with Gasteiger partial charge in [-0.05, 0) is 53.9 Å². The highest BCUT2D eigenvalue weighted by Crippen LogP contribution is 2.25. The predicted molar refractivity (Wildman–Crippen MR) is 124 cm³/mol. The van der Waals surface area contributed by atoms with E-state index >= 15 is 0 Å². The van der Waals surface area contributed by atoms with Gasteiger partial charge in [0.2, 0.25) is 0 Å². The number of carbonyl (C=O) groups is 1. The van der Waals surface area contributed by atoms with E-state index in [0.717, 1.165) is 16.3 Å². The van der Waals surface area contributed by atoms with Crippen molar-refractivity contribution in [1.29, 1.82) is 0 Å². The molecular weight excluding hydrogens is 434 g/mol. The molecule has 31 heavy (non-hydrogen) atoms. The Kier molecular flexibility index (Phi) is 7.44. The van der Waals surface area contributed by atoms with Gasteiger partial charge < -0.3 is 0 Å². The Hall–Kier alpha value is -3.16. The minimum absolute atomic E-state index is 0.0808. The fraction of sp³-hybridized carbons (Fsp3) is 0.130. The first-order chi connectivity index (χ1) is 14.9. The molecule has 0 atom stereocenters. The van der Waals surface area contributed by atoms with Crippen LogP contribution in [-0.4, -0.2) is 27.1 Å². The zero-order chi connectivity index (χ0) is 22.3. The Labute approximate surface area is 187 Å². The first-order valence-corrected chi connectivity index (χ1v) is 11.5. The van der Waals surface area contributed by atoms with Gasteiger partial charge in [-0.1, -0.05) is 61.0 Å². The number of hydrazone groups is 1. The molecule has 0 aliphatic rings. The maximum Gasteiger partial charge on any atom is 0.264 e. The van der Waals surface area contributed by atoms with Crippen molar-refractivity contribution in [2.45, 2.75) is 18.2 Å². The third-order valence-electron chi connectivity index (χ3n) is 4.52. The molecule has 160 valence electrons. The summed E-state index contributed by atoms with van der Waals surface area (Å²) in [6.07, 6.45) is 2.44. The Morgan fingerprint density at radius 3 is 2.26 bits per heavy atom. The van der Waals surface area contributed by atoms with Gasteiger partial charge in [0.1, 0.15) is 6.54 Å². The van der Waals surface area contributed by atoms with Gasteiger partial charge >= 0.3 is 0 Å². The first-order valence-electron chi connectivity index (χ1n) is 9.64. The van der Waals surface area contributed by atoms with Crippen LogP contribution in [0.3, 0.4) is 0 Å². The number of anilines is 1. The topological polar surface area (TPSA) is 78.8 Å². The minimum Gasteiger partial charge on any atom is -0.271 e. The summed E-state index contributed by atoms with van der Waals surface area (Å²) in [6, 6.07) is 21.9. The van der Waals surface area contributed by atoms with Crippen LogP contribution in [-0.2, 0) is 21.2 Å². The van der Waals surface area contributed by atoms with Crippen molar-refractivity contribution >= 4 is 39.4 Å². The van der Waals surface area contributed by atoms with E-state index in [2.05, 4.69) is 17.5 Å². The summed E-state index contributed by atoms with van der Waals surface area (Å²) in [5.41, 5.74) is 4.74. The maximum atomic E-state index is 13.2. The summed E-state index contributed by atoms with van der Waals surface area (Å²) >= 11 is 5.93. The highest BCUT2D eigenvalue weighted by atomic mass is 35.5. The van der Waals surface area contributed by atoms with Gasteiger partial charge in [-0.2, -0.15) is 5.10 Å². The van der Waals surface area contributed by atoms with Crippen LogP contribution in [0.15, 0.2) is 88.9 Å². The van der Waals surface area contributed by atoms with Crippen LogP contribution in [0.25, 0.3) is 0 Å². The maximum absolute atomic E-state index is 13.2. The summed E-state index contributed by atoms with van der Waals surface area (Å²) < 4.78 is 27.4. The van der Waals surface area contributed by atoms with Crippen molar-refractivity contribution in [3.63, 3.8) is 0 Å². The molecule has 0 aliphatic carbocycles. The largest absolute Gasteiger partial charge is 0.271 e. The SMILES string of the molecule is CCc1ccc(/C=N/NC(=O)CN(c2ccc(Cl)cc2)S(=O)(=O)c2ccccc2)cc1. The van der Waals surface area contributed by atoms with E-state index in [1.165, 1.54) is 23.9 Å². The fourth-order valence-corrected chi connectivity index (χ4v) is 4.39. The lowest BCUT2D eigenvalue weighted by Crippen LogP contribution is -2.39. The molecule has 0 spiro atoms. The number of benzene rings is 3. The van der Waals surface area contributed by atoms with Crippen LogP contribution in [0.2, 0.25) is 5.02 Å². The van der Waals surface area contributed by atoms with Gasteiger partial charge in [0.25, 0.3) is 15.9 Å². The van der Waals surface area contributed by atoms with Gasteiger partial charge in [0, 0.05) is 5.02 Å². The van der Waals surface area contributed by atoms with E-state index in [0.29, 0.717) is 10.7 Å². The van der Waals surface area contributed by atoms with Crippen molar-refractivity contribution < 1.29 is 13.2 Å². The average molecular weight is 456 g/mol. The van der Waals surface area contributed by atoms with Gasteiger partial charge in [-0.25, -0.2) is 13.8 Å². The molecule has 0 saturated carbocycles. The monoisotopic (exact) mass is 455 g/mol. The number of hydrogen-bond acceptors (Lipinski definition) is 4. The van der Waals surface area contributed by atoms with Gasteiger partial charge in [0.15, 0.2) is 0 Å². The lowest BCUT2D eigenvalue weighted by molar-refractivity contribution is -0.119. The molecule has 6 nitrogen and oxygen atoms in total. The van der Waals surface area contributed by atoms with Crippen LogP contribution >= 0.6 is 11.6 Å². The predicted octanol–water partition coefficient (Wildman–Crippen LogP) is 4.25. The van der Waals surface area contributed by atoms with Gasteiger partial charge in [-0.3, -0.25) is 9.10 Å². The fourth-order valence-electron chi connectivity index (χ4n) is 2.83. The van der Waals surface area contributed by atoms with Crippen molar-refractivity contribution in [1.82, 2.24) is 5.43 Å². The standard InChI is InChI=1S/C23H22ClN3O3S/c1-2-18-8-10-19(11-9-18)16-25-26-23(28)17-27(21-14-12-20(24)13-15-21)31(29,30)22-6-4-3-5-7-22/h3-16H,2,17H2,1H3,(H,26,28)/b25-16+. The molecule has 0 saturated heterocycles. The number of nitrogens with zero attached hydrogens (tertiary/aromatic N) is 2. The smallest absolute Gasteiger partial charge is 0.264 e. The Morgan fingerprint density at radius 1 is 1.00 bits per heavy atom. The number of nitrogens with one attached hydrogen (secondary N) is 1. The number of rotatable bonds is 8. The van der Waals surface area contributed by atoms with Crippen molar-refractivity contribution in [2.75, 3.05) is 10.8 Å². The van der Waals surface area contributed by atoms with Crippen molar-refractivity contribution in [2.24, 2.45) is 5.10 Å². The molecule has 0 aromatic heterocycles. The van der Waals surface area contributed by atoms with Crippen LogP contribution in [0.5, 0.6) is 0 Å². The molecule has 0 bridgehead atoms. The summed E-state index contributed by atoms with van der Waals surface area (Å²) in [5, 5.41) is 4.41. The third kappa shape index (κ3) is 5.93. The van der Waals surface area contributed by atoms with Crippen molar-refractivity contribution in [3.05, 3.63) is 95.0 Å². The number of hydrogen-bond donors (Lipinski definition) is 1. The van der Waals surface area contributed by atoms with E-state index in [1.807, 2.05) is 24.3 Å². The lowest BCUT2D eigenvalue weighted by Gasteiger charge is -2.23. The molecule has 1 N–H and O–H groups in total. The average Bonchev–Trinajstić information content (AvgIpc) is 2.79. The lowest BCUT2D eigenvalue weighted by atomic mass is 10.1. The zero-order valence-electron chi connectivity index (χ0n) is 16.9. The molecule has 1 amide bonds. The second-order valence-electron chi connectivity index (χ2n) is 6.69. The molecular formula is C23H22ClN3O3S. The highest BCUT2D eigenvalue weighted by molar-refractivity contribution is 7.92. The zero-order valence-corrected chi connectivity index (χ0v) is 18.5. The Morgan fingerprint density at radius 2 is 1.65 bits per heavy atom. The molecule has 0 aliphatic heterocycles. The molecule has 8 heteroatoms. The number of sulfonamides is 1. The first kappa shape index (κ1) is 22.5. The van der Waals surface area contributed by atoms with E-state index in [1.54, 1.807) is 42.5 Å². The van der Waals surface area contributed by atoms with Crippen LogP contribution in [0.4, 0.5) is 5.69 Å². The summed E-state index contributed by atoms with van der Waals surface area (Å²) in [7, 11) is -3.97. The quantitative estimate of drug-likeness (QED) is 0.407. The molecule has 0 radical (unpaired) electrons. The van der Waals surface area contributed by atoms with E-state index in [-0.39, 0.29) is 4.90 Å². The Bertz CT molecular complexity index is 1150. The van der Waals surface area contributed by atoms with Crippen LogP contribution in [0, 0.1) is 0 Å². The second-order valence-corrected chi connectivity index (χ2v) is 8.99. The molecule has 3 rings (SSSR count). The second kappa shape index (κ2) is 10.2. The molecule has 0 unspecified atom stereocenters. The highest BCUT2D eigenvalue weighted by Gasteiger charge is 2.27. The van der Waals surface area contributed by atoms with Gasteiger partial charge in [-0.15, -0.1) is 0 Å². The van der Waals surface area contributed by atoms with Gasteiger partial charge in [0.05, 0.1) is 16.8 Å². The number of aryl methyl sites for hydroxylation is 1. The molecule has 3 aromatic rings. The summed E-state index contributed by atoms with van der Waals surface area (Å²) in [5.74, 6) is -0.573.